The Balaban J connectivity index is 2.36. The molecule has 2 N–H and O–H groups in total. The minimum Gasteiger partial charge on any atom is -0.497 e. The third-order valence-corrected chi connectivity index (χ3v) is 3.24. The molecule has 0 heterocycles. The van der Waals surface area contributed by atoms with Crippen molar-refractivity contribution in [2.45, 2.75) is 13.0 Å². The molecule has 0 aliphatic heterocycles. The molecule has 2 nitrogen and oxygen atoms in total. The van der Waals surface area contributed by atoms with Crippen LogP contribution in [0, 0.1) is 0 Å². The zero-order valence-corrected chi connectivity index (χ0v) is 11.2. The molecule has 0 aromatic heterocycles. The molecule has 0 amide bonds. The highest BCUT2D eigenvalue weighted by Gasteiger charge is 2.07. The molecule has 3 heteroatoms. The van der Waals surface area contributed by atoms with Gasteiger partial charge in [-0.05, 0) is 41.8 Å². The molecule has 1 atom stereocenters. The van der Waals surface area contributed by atoms with E-state index in [-0.39, 0.29) is 6.04 Å². The van der Waals surface area contributed by atoms with Gasteiger partial charge in [-0.3, -0.25) is 0 Å². The van der Waals surface area contributed by atoms with Gasteiger partial charge in [0.15, 0.2) is 0 Å². The maximum absolute atomic E-state index is 6.23. The van der Waals surface area contributed by atoms with E-state index in [9.17, 15) is 0 Å². The van der Waals surface area contributed by atoms with Gasteiger partial charge in [0.25, 0.3) is 0 Å². The summed E-state index contributed by atoms with van der Waals surface area (Å²) in [5.74, 6) is 0.844. The number of rotatable bonds is 3. The van der Waals surface area contributed by atoms with Crippen LogP contribution in [0.1, 0.15) is 18.5 Å². The summed E-state index contributed by atoms with van der Waals surface area (Å²) in [5.41, 5.74) is 8.99. The summed E-state index contributed by atoms with van der Waals surface area (Å²) < 4.78 is 5.14. The lowest BCUT2D eigenvalue weighted by Crippen LogP contribution is -2.05. The standard InChI is InChI=1S/C15H16ClNO/c1-10(17)14-8-5-12(9-15(14)16)11-3-6-13(18-2)7-4-11/h3-10H,17H2,1-2H3. The van der Waals surface area contributed by atoms with Crippen LogP contribution >= 0.6 is 11.6 Å². The molecule has 0 bridgehead atoms. The van der Waals surface area contributed by atoms with E-state index in [1.165, 1.54) is 0 Å². The second-order valence-electron chi connectivity index (χ2n) is 4.25. The van der Waals surface area contributed by atoms with E-state index in [4.69, 9.17) is 22.1 Å². The molecule has 2 aromatic rings. The van der Waals surface area contributed by atoms with Crippen molar-refractivity contribution in [3.63, 3.8) is 0 Å². The van der Waals surface area contributed by atoms with Crippen molar-refractivity contribution >= 4 is 11.6 Å². The first-order chi connectivity index (χ1) is 8.61. The van der Waals surface area contributed by atoms with Crippen molar-refractivity contribution in [1.29, 1.82) is 0 Å². The summed E-state index contributed by atoms with van der Waals surface area (Å²) >= 11 is 6.23. The number of hydrogen-bond acceptors (Lipinski definition) is 2. The molecule has 94 valence electrons. The Kier molecular flexibility index (Phi) is 3.90. The lowest BCUT2D eigenvalue weighted by molar-refractivity contribution is 0.415. The number of halogens is 1. The lowest BCUT2D eigenvalue weighted by atomic mass is 10.0. The van der Waals surface area contributed by atoms with Crippen LogP contribution in [0.5, 0.6) is 5.75 Å². The first-order valence-electron chi connectivity index (χ1n) is 5.81. The largest absolute Gasteiger partial charge is 0.497 e. The van der Waals surface area contributed by atoms with E-state index in [1.807, 2.05) is 49.4 Å². The quantitative estimate of drug-likeness (QED) is 0.905. The first-order valence-corrected chi connectivity index (χ1v) is 6.19. The van der Waals surface area contributed by atoms with Crippen LogP contribution in [0.2, 0.25) is 5.02 Å². The van der Waals surface area contributed by atoms with E-state index < -0.39 is 0 Å². The van der Waals surface area contributed by atoms with E-state index in [2.05, 4.69) is 0 Å². The maximum Gasteiger partial charge on any atom is 0.118 e. The fourth-order valence-electron chi connectivity index (χ4n) is 1.86. The Labute approximate surface area is 112 Å². The van der Waals surface area contributed by atoms with Crippen LogP contribution < -0.4 is 10.5 Å². The smallest absolute Gasteiger partial charge is 0.118 e. The fourth-order valence-corrected chi connectivity index (χ4v) is 2.21. The fraction of sp³-hybridized carbons (Fsp3) is 0.200. The molecule has 0 radical (unpaired) electrons. The Bertz CT molecular complexity index is 535. The third kappa shape index (κ3) is 2.66. The lowest BCUT2D eigenvalue weighted by Gasteiger charge is -2.10. The molecule has 0 fully saturated rings. The summed E-state index contributed by atoms with van der Waals surface area (Å²) in [5, 5.41) is 0.707. The monoisotopic (exact) mass is 261 g/mol. The van der Waals surface area contributed by atoms with Crippen LogP contribution in [0.25, 0.3) is 11.1 Å². The molecule has 18 heavy (non-hydrogen) atoms. The predicted molar refractivity (Wildman–Crippen MR) is 76.0 cm³/mol. The zero-order valence-electron chi connectivity index (χ0n) is 10.5. The van der Waals surface area contributed by atoms with E-state index in [0.29, 0.717) is 5.02 Å². The van der Waals surface area contributed by atoms with Gasteiger partial charge in [0.2, 0.25) is 0 Å². The van der Waals surface area contributed by atoms with Gasteiger partial charge in [-0.25, -0.2) is 0 Å². The van der Waals surface area contributed by atoms with Crippen molar-refractivity contribution in [3.8, 4) is 16.9 Å². The van der Waals surface area contributed by atoms with E-state index in [0.717, 1.165) is 22.4 Å². The number of ether oxygens (including phenoxy) is 1. The summed E-state index contributed by atoms with van der Waals surface area (Å²) in [6.07, 6.45) is 0. The first kappa shape index (κ1) is 12.9. The highest BCUT2D eigenvalue weighted by molar-refractivity contribution is 6.31. The number of nitrogens with two attached hydrogens (primary N) is 1. The molecular weight excluding hydrogens is 246 g/mol. The molecule has 0 aliphatic rings. The van der Waals surface area contributed by atoms with Crippen molar-refractivity contribution in [3.05, 3.63) is 53.1 Å². The molecule has 2 rings (SSSR count). The van der Waals surface area contributed by atoms with Gasteiger partial charge in [-0.2, -0.15) is 0 Å². The van der Waals surface area contributed by atoms with Crippen LogP contribution in [0.15, 0.2) is 42.5 Å². The van der Waals surface area contributed by atoms with Gasteiger partial charge in [-0.1, -0.05) is 35.9 Å². The molecule has 0 saturated heterocycles. The van der Waals surface area contributed by atoms with Gasteiger partial charge in [-0.15, -0.1) is 0 Å². The minimum absolute atomic E-state index is 0.0533. The average molecular weight is 262 g/mol. The Hall–Kier alpha value is -1.51. The highest BCUT2D eigenvalue weighted by atomic mass is 35.5. The van der Waals surface area contributed by atoms with Crippen molar-refractivity contribution in [1.82, 2.24) is 0 Å². The van der Waals surface area contributed by atoms with Crippen LogP contribution in [-0.2, 0) is 0 Å². The van der Waals surface area contributed by atoms with Crippen molar-refractivity contribution in [2.24, 2.45) is 5.73 Å². The van der Waals surface area contributed by atoms with Crippen LogP contribution in [-0.4, -0.2) is 7.11 Å². The number of benzene rings is 2. The van der Waals surface area contributed by atoms with Gasteiger partial charge < -0.3 is 10.5 Å². The van der Waals surface area contributed by atoms with Gasteiger partial charge in [0, 0.05) is 11.1 Å². The van der Waals surface area contributed by atoms with E-state index in [1.54, 1.807) is 7.11 Å². The summed E-state index contributed by atoms with van der Waals surface area (Å²) in [6, 6.07) is 13.8. The second kappa shape index (κ2) is 5.42. The molecule has 0 spiro atoms. The van der Waals surface area contributed by atoms with Crippen molar-refractivity contribution < 1.29 is 4.74 Å². The van der Waals surface area contributed by atoms with Crippen LogP contribution in [0.3, 0.4) is 0 Å². The SMILES string of the molecule is COc1ccc(-c2ccc(C(C)N)c(Cl)c2)cc1. The third-order valence-electron chi connectivity index (χ3n) is 2.91. The summed E-state index contributed by atoms with van der Waals surface area (Å²) in [6.45, 7) is 1.92. The summed E-state index contributed by atoms with van der Waals surface area (Å²) in [4.78, 5) is 0. The zero-order chi connectivity index (χ0) is 13.1. The van der Waals surface area contributed by atoms with E-state index >= 15 is 0 Å². The molecule has 0 aliphatic carbocycles. The van der Waals surface area contributed by atoms with Gasteiger partial charge >= 0.3 is 0 Å². The molecule has 2 aromatic carbocycles. The maximum atomic E-state index is 6.23. The number of methoxy groups -OCH3 is 1. The average Bonchev–Trinajstić information content (AvgIpc) is 2.38. The molecule has 0 saturated carbocycles. The number of hydrogen-bond donors (Lipinski definition) is 1. The topological polar surface area (TPSA) is 35.2 Å². The molecular formula is C15H16ClNO. The molecule has 1 unspecified atom stereocenters. The van der Waals surface area contributed by atoms with Crippen LogP contribution in [0.4, 0.5) is 0 Å². The minimum atomic E-state index is -0.0533. The predicted octanol–water partition coefficient (Wildman–Crippen LogP) is 4.04. The van der Waals surface area contributed by atoms with Gasteiger partial charge in [0.1, 0.15) is 5.75 Å². The Morgan fingerprint density at radius 3 is 2.17 bits per heavy atom. The normalized spacial score (nSPS) is 12.2. The van der Waals surface area contributed by atoms with Crippen molar-refractivity contribution in [2.75, 3.05) is 7.11 Å². The van der Waals surface area contributed by atoms with Gasteiger partial charge in [0.05, 0.1) is 7.11 Å². The highest BCUT2D eigenvalue weighted by Crippen LogP contribution is 2.29. The second-order valence-corrected chi connectivity index (χ2v) is 4.66. The Morgan fingerprint density at radius 2 is 1.67 bits per heavy atom. The summed E-state index contributed by atoms with van der Waals surface area (Å²) in [7, 11) is 1.66. The Morgan fingerprint density at radius 1 is 1.06 bits per heavy atom.